The molecule has 140 valence electrons. The number of rotatable bonds is 9. The highest BCUT2D eigenvalue weighted by atomic mass is 32.2. The van der Waals surface area contributed by atoms with Gasteiger partial charge in [-0.3, -0.25) is 9.59 Å². The van der Waals surface area contributed by atoms with Crippen LogP contribution in [0.1, 0.15) is 39.3 Å². The molecule has 0 radical (unpaired) electrons. The Morgan fingerprint density at radius 2 is 2.04 bits per heavy atom. The van der Waals surface area contributed by atoms with Crippen molar-refractivity contribution < 1.29 is 9.53 Å². The topological polar surface area (TPSA) is 84.1 Å². The van der Waals surface area contributed by atoms with E-state index in [0.29, 0.717) is 17.5 Å². The normalized spacial score (nSPS) is 11.8. The number of hydrogen-bond acceptors (Lipinski definition) is 5. The van der Waals surface area contributed by atoms with Crippen molar-refractivity contribution >= 4 is 23.4 Å². The smallest absolute Gasteiger partial charge is 0.251 e. The van der Waals surface area contributed by atoms with Crippen molar-refractivity contribution in [2.45, 2.75) is 50.4 Å². The molecule has 7 heteroatoms. The van der Waals surface area contributed by atoms with Gasteiger partial charge in [-0.15, -0.1) is 0 Å². The van der Waals surface area contributed by atoms with E-state index in [-0.39, 0.29) is 11.5 Å². The molecule has 1 heterocycles. The summed E-state index contributed by atoms with van der Waals surface area (Å²) < 4.78 is 5.38. The average Bonchev–Trinajstić information content (AvgIpc) is 2.61. The Hall–Kier alpha value is -2.28. The molecule has 0 fully saturated rings. The van der Waals surface area contributed by atoms with Crippen molar-refractivity contribution in [2.75, 3.05) is 11.9 Å². The first kappa shape index (κ1) is 20.0. The van der Waals surface area contributed by atoms with Gasteiger partial charge in [0.1, 0.15) is 5.75 Å². The first-order valence-electron chi connectivity index (χ1n) is 8.82. The van der Waals surface area contributed by atoms with Gasteiger partial charge in [-0.25, -0.2) is 4.98 Å². The maximum absolute atomic E-state index is 12.4. The molecule has 0 bridgehead atoms. The predicted octanol–water partition coefficient (Wildman–Crippen LogP) is 3.63. The van der Waals surface area contributed by atoms with Crippen molar-refractivity contribution in [1.82, 2.24) is 9.97 Å². The zero-order valence-corrected chi connectivity index (χ0v) is 16.2. The van der Waals surface area contributed by atoms with E-state index >= 15 is 0 Å². The third-order valence-electron chi connectivity index (χ3n) is 3.65. The van der Waals surface area contributed by atoms with Crippen molar-refractivity contribution in [2.24, 2.45) is 0 Å². The van der Waals surface area contributed by atoms with Gasteiger partial charge in [-0.05, 0) is 51.0 Å². The first-order valence-corrected chi connectivity index (χ1v) is 9.70. The zero-order valence-electron chi connectivity index (χ0n) is 15.4. The van der Waals surface area contributed by atoms with Crippen LogP contribution in [-0.4, -0.2) is 27.7 Å². The number of H-pyrrole nitrogens is 1. The number of thioether (sulfide) groups is 1. The number of amides is 1. The molecular formula is C19H25N3O3S. The summed E-state index contributed by atoms with van der Waals surface area (Å²) in [6.45, 7) is 6.40. The molecule has 1 atom stereocenters. The van der Waals surface area contributed by atoms with E-state index in [1.165, 1.54) is 17.8 Å². The molecule has 0 aliphatic rings. The molecular weight excluding hydrogens is 350 g/mol. The molecule has 1 aromatic carbocycles. The van der Waals surface area contributed by atoms with Gasteiger partial charge < -0.3 is 15.0 Å². The number of benzene rings is 1. The van der Waals surface area contributed by atoms with Gasteiger partial charge in [-0.2, -0.15) is 0 Å². The van der Waals surface area contributed by atoms with E-state index in [0.717, 1.165) is 30.7 Å². The van der Waals surface area contributed by atoms with E-state index in [2.05, 4.69) is 22.2 Å². The Labute approximate surface area is 157 Å². The summed E-state index contributed by atoms with van der Waals surface area (Å²) in [6.07, 6.45) is 2.78. The minimum absolute atomic E-state index is 0.152. The highest BCUT2D eigenvalue weighted by molar-refractivity contribution is 8.00. The van der Waals surface area contributed by atoms with E-state index in [4.69, 9.17) is 4.74 Å². The van der Waals surface area contributed by atoms with Crippen molar-refractivity contribution in [3.63, 3.8) is 0 Å². The quantitative estimate of drug-likeness (QED) is 0.516. The Kier molecular flexibility index (Phi) is 7.72. The predicted molar refractivity (Wildman–Crippen MR) is 105 cm³/mol. The number of carbonyl (C=O) groups is 1. The summed E-state index contributed by atoms with van der Waals surface area (Å²) in [7, 11) is 0. The van der Waals surface area contributed by atoms with Crippen LogP contribution in [0.2, 0.25) is 0 Å². The highest BCUT2D eigenvalue weighted by Crippen LogP contribution is 2.21. The van der Waals surface area contributed by atoms with Crippen LogP contribution in [0.5, 0.6) is 5.75 Å². The van der Waals surface area contributed by atoms with Crippen molar-refractivity contribution in [3.8, 4) is 5.75 Å². The number of aryl methyl sites for hydroxylation is 1. The van der Waals surface area contributed by atoms with Crippen LogP contribution in [0, 0.1) is 0 Å². The Morgan fingerprint density at radius 1 is 1.31 bits per heavy atom. The number of hydrogen-bond donors (Lipinski definition) is 2. The Bertz CT molecular complexity index is 774. The van der Waals surface area contributed by atoms with Gasteiger partial charge >= 0.3 is 0 Å². The SMILES string of the molecule is CCCCc1cc(=O)[nH]c(SC(C)C(=O)Nc2ccc(OCC)cc2)n1. The zero-order chi connectivity index (χ0) is 18.9. The van der Waals surface area contributed by atoms with E-state index in [9.17, 15) is 9.59 Å². The number of aromatic amines is 1. The molecule has 0 spiro atoms. The van der Waals surface area contributed by atoms with Gasteiger partial charge in [0.2, 0.25) is 5.91 Å². The molecule has 2 aromatic rings. The van der Waals surface area contributed by atoms with Gasteiger partial charge in [0, 0.05) is 17.4 Å². The summed E-state index contributed by atoms with van der Waals surface area (Å²) in [5.41, 5.74) is 1.27. The third-order valence-corrected chi connectivity index (χ3v) is 4.63. The average molecular weight is 375 g/mol. The van der Waals surface area contributed by atoms with Crippen molar-refractivity contribution in [3.05, 3.63) is 46.4 Å². The third kappa shape index (κ3) is 6.22. The van der Waals surface area contributed by atoms with Gasteiger partial charge in [0.15, 0.2) is 5.16 Å². The number of nitrogens with one attached hydrogen (secondary N) is 2. The molecule has 0 aliphatic carbocycles. The summed E-state index contributed by atoms with van der Waals surface area (Å²) in [5.74, 6) is 0.611. The van der Waals surface area contributed by atoms with E-state index in [1.807, 2.05) is 19.1 Å². The van der Waals surface area contributed by atoms with Crippen molar-refractivity contribution in [1.29, 1.82) is 0 Å². The van der Waals surface area contributed by atoms with Crippen LogP contribution in [0.15, 0.2) is 40.3 Å². The summed E-state index contributed by atoms with van der Waals surface area (Å²) >= 11 is 1.24. The molecule has 0 saturated carbocycles. The number of aromatic nitrogens is 2. The fraction of sp³-hybridized carbons (Fsp3) is 0.421. The number of ether oxygens (including phenoxy) is 1. The minimum atomic E-state index is -0.397. The van der Waals surface area contributed by atoms with Crippen LogP contribution in [0.4, 0.5) is 5.69 Å². The van der Waals surface area contributed by atoms with Crippen LogP contribution in [0.25, 0.3) is 0 Å². The molecule has 0 saturated heterocycles. The lowest BCUT2D eigenvalue weighted by Crippen LogP contribution is -2.23. The van der Waals surface area contributed by atoms with Crippen LogP contribution < -0.4 is 15.6 Å². The number of anilines is 1. The number of unbranched alkanes of at least 4 members (excludes halogenated alkanes) is 1. The number of carbonyl (C=O) groups excluding carboxylic acids is 1. The fourth-order valence-electron chi connectivity index (χ4n) is 2.29. The van der Waals surface area contributed by atoms with Gasteiger partial charge in [-0.1, -0.05) is 25.1 Å². The standard InChI is InChI=1S/C19H25N3O3S/c1-4-6-7-15-12-17(23)22-19(21-15)26-13(3)18(24)20-14-8-10-16(11-9-14)25-5-2/h8-13H,4-7H2,1-3H3,(H,20,24)(H,21,22,23). The molecule has 6 nitrogen and oxygen atoms in total. The monoisotopic (exact) mass is 375 g/mol. The molecule has 2 rings (SSSR count). The highest BCUT2D eigenvalue weighted by Gasteiger charge is 2.16. The Morgan fingerprint density at radius 3 is 2.69 bits per heavy atom. The fourth-order valence-corrected chi connectivity index (χ4v) is 3.12. The summed E-state index contributed by atoms with van der Waals surface area (Å²) in [6, 6.07) is 8.74. The molecule has 1 aromatic heterocycles. The molecule has 1 amide bonds. The number of nitrogens with zero attached hydrogens (tertiary/aromatic N) is 1. The van der Waals surface area contributed by atoms with E-state index < -0.39 is 5.25 Å². The maximum atomic E-state index is 12.4. The van der Waals surface area contributed by atoms with Gasteiger partial charge in [0.05, 0.1) is 11.9 Å². The second-order valence-electron chi connectivity index (χ2n) is 5.85. The lowest BCUT2D eigenvalue weighted by Gasteiger charge is -2.12. The van der Waals surface area contributed by atoms with Crippen LogP contribution in [-0.2, 0) is 11.2 Å². The van der Waals surface area contributed by atoms with E-state index in [1.54, 1.807) is 19.1 Å². The maximum Gasteiger partial charge on any atom is 0.251 e. The van der Waals surface area contributed by atoms with Gasteiger partial charge in [0.25, 0.3) is 5.56 Å². The second kappa shape index (κ2) is 10.0. The summed E-state index contributed by atoms with van der Waals surface area (Å²) in [5, 5.41) is 2.93. The molecule has 26 heavy (non-hydrogen) atoms. The lowest BCUT2D eigenvalue weighted by atomic mass is 10.2. The first-order chi connectivity index (χ1) is 12.5. The molecule has 2 N–H and O–H groups in total. The Balaban J connectivity index is 1.98. The largest absolute Gasteiger partial charge is 0.494 e. The summed E-state index contributed by atoms with van der Waals surface area (Å²) in [4.78, 5) is 31.3. The lowest BCUT2D eigenvalue weighted by molar-refractivity contribution is -0.115. The molecule has 1 unspecified atom stereocenters. The van der Waals surface area contributed by atoms with Crippen LogP contribution >= 0.6 is 11.8 Å². The minimum Gasteiger partial charge on any atom is -0.494 e. The molecule has 0 aliphatic heterocycles. The van der Waals surface area contributed by atoms with Crippen LogP contribution in [0.3, 0.4) is 0 Å². The second-order valence-corrected chi connectivity index (χ2v) is 7.18.